The van der Waals surface area contributed by atoms with Crippen LogP contribution in [0.4, 0.5) is 0 Å². The van der Waals surface area contributed by atoms with Crippen molar-refractivity contribution in [2.45, 2.75) is 72.4 Å². The molecule has 6 aromatic carbocycles. The van der Waals surface area contributed by atoms with Crippen LogP contribution in [0.5, 0.6) is 0 Å². The van der Waals surface area contributed by atoms with Gasteiger partial charge in [-0.25, -0.2) is 0 Å². The minimum absolute atomic E-state index is 0. The van der Waals surface area contributed by atoms with Gasteiger partial charge >= 0.3 is 0 Å². The fourth-order valence-corrected chi connectivity index (χ4v) is 10.7. The molecule has 3 aromatic heterocycles. The summed E-state index contributed by atoms with van der Waals surface area (Å²) in [7, 11) is -1.54. The Morgan fingerprint density at radius 2 is 1.31 bits per heavy atom. The summed E-state index contributed by atoms with van der Waals surface area (Å²) in [5.41, 5.74) is 12.2. The van der Waals surface area contributed by atoms with Gasteiger partial charge in [-0.05, 0) is 90.3 Å². The molecular formula is C57H54IrN2SSi-2. The van der Waals surface area contributed by atoms with E-state index in [4.69, 9.17) is 15.5 Å². The van der Waals surface area contributed by atoms with E-state index in [1.54, 1.807) is 23.6 Å². The Morgan fingerprint density at radius 1 is 0.677 bits per heavy atom. The molecule has 0 N–H and O–H groups in total. The van der Waals surface area contributed by atoms with E-state index in [1.807, 2.05) is 68.6 Å². The Balaban J connectivity index is 0.000000223. The van der Waals surface area contributed by atoms with Crippen molar-refractivity contribution in [3.05, 3.63) is 187 Å². The second-order valence-electron chi connectivity index (χ2n) is 17.9. The zero-order valence-electron chi connectivity index (χ0n) is 40.6. The van der Waals surface area contributed by atoms with Gasteiger partial charge in [-0.2, -0.15) is 11.3 Å². The van der Waals surface area contributed by atoms with Gasteiger partial charge in [0.25, 0.3) is 0 Å². The quantitative estimate of drug-likeness (QED) is 0.117. The Labute approximate surface area is 393 Å². The minimum Gasteiger partial charge on any atom is -0.305 e. The molecule has 313 valence electrons. The number of hydrogen-bond acceptors (Lipinski definition) is 3. The minimum atomic E-state index is -2.29. The van der Waals surface area contributed by atoms with E-state index < -0.39 is 20.8 Å². The number of benzene rings is 6. The second-order valence-corrected chi connectivity index (χ2v) is 24.0. The molecule has 1 radical (unpaired) electrons. The van der Waals surface area contributed by atoms with Gasteiger partial charge in [-0.1, -0.05) is 168 Å². The zero-order valence-corrected chi connectivity index (χ0v) is 40.9. The number of aryl methyl sites for hydroxylation is 1. The molecule has 0 saturated carbocycles. The van der Waals surface area contributed by atoms with Crippen molar-refractivity contribution in [2.24, 2.45) is 0 Å². The van der Waals surface area contributed by atoms with Gasteiger partial charge in [0.2, 0.25) is 0 Å². The van der Waals surface area contributed by atoms with Crippen molar-refractivity contribution >= 4 is 44.8 Å². The molecule has 0 atom stereocenters. The number of aromatic nitrogens is 2. The van der Waals surface area contributed by atoms with Crippen LogP contribution in [0.25, 0.3) is 76.1 Å². The summed E-state index contributed by atoms with van der Waals surface area (Å²) in [6.45, 7) is 15.2. The fourth-order valence-electron chi connectivity index (χ4n) is 7.81. The van der Waals surface area contributed by atoms with Gasteiger partial charge in [0, 0.05) is 48.2 Å². The molecule has 0 aliphatic rings. The number of nitrogens with zero attached hydrogens (tertiary/aromatic N) is 2. The number of fused-ring (bicyclic) bond motifs is 3. The number of rotatable bonds is 7. The van der Waals surface area contributed by atoms with Crippen molar-refractivity contribution in [3.63, 3.8) is 0 Å². The Hall–Kier alpha value is -5.29. The SMILES string of the molecule is [2H]C(C)(C)c1cc(-c2[c-]cc(C(C)(C)C)cc2)ncc1[Si](C)(C)C.[2H]C([2H])([2H])c1cc(-c2[c-]ccc3c2sc2cc(-c4ccccc4)cc(-c4ccccc4)c23)ncc1-c1ccccc1.[Ir]. The van der Waals surface area contributed by atoms with Crippen LogP contribution < -0.4 is 5.19 Å². The molecule has 0 fully saturated rings. The van der Waals surface area contributed by atoms with Crippen LogP contribution in [0.1, 0.15) is 62.7 Å². The van der Waals surface area contributed by atoms with Gasteiger partial charge in [0.05, 0.1) is 8.07 Å². The summed E-state index contributed by atoms with van der Waals surface area (Å²) in [4.78, 5) is 9.49. The molecule has 0 saturated heterocycles. The normalized spacial score (nSPS) is 13.0. The zero-order chi connectivity index (χ0) is 46.3. The van der Waals surface area contributed by atoms with E-state index in [-0.39, 0.29) is 31.1 Å². The van der Waals surface area contributed by atoms with Crippen molar-refractivity contribution in [3.8, 4) is 55.9 Å². The molecule has 0 aliphatic heterocycles. The first-order chi connectivity index (χ1) is 30.8. The molecule has 0 amide bonds. The molecule has 0 bridgehead atoms. The molecule has 2 nitrogen and oxygen atoms in total. The van der Waals surface area contributed by atoms with Gasteiger partial charge in [-0.15, -0.1) is 59.2 Å². The first-order valence-corrected chi connectivity index (χ1v) is 25.2. The Morgan fingerprint density at radius 3 is 1.89 bits per heavy atom. The largest absolute Gasteiger partial charge is 0.305 e. The molecule has 0 aliphatic carbocycles. The van der Waals surface area contributed by atoms with E-state index in [0.717, 1.165) is 59.4 Å². The molecular weight excluding hydrogens is 965 g/mol. The van der Waals surface area contributed by atoms with E-state index in [0.29, 0.717) is 11.3 Å². The topological polar surface area (TPSA) is 25.8 Å². The Kier molecular flexibility index (Phi) is 11.9. The smallest absolute Gasteiger partial charge is 0.0799 e. The van der Waals surface area contributed by atoms with E-state index in [2.05, 4.69) is 144 Å². The van der Waals surface area contributed by atoms with Gasteiger partial charge in [-0.3, -0.25) is 0 Å². The monoisotopic (exact) mass is 1020 g/mol. The number of thiophene rings is 1. The van der Waals surface area contributed by atoms with Crippen LogP contribution in [0.2, 0.25) is 19.6 Å². The summed E-state index contributed by atoms with van der Waals surface area (Å²) in [6.07, 6.45) is 3.69. The van der Waals surface area contributed by atoms with Crippen molar-refractivity contribution in [1.29, 1.82) is 0 Å². The average Bonchev–Trinajstić information content (AvgIpc) is 3.67. The second kappa shape index (κ2) is 18.6. The van der Waals surface area contributed by atoms with Crippen LogP contribution >= 0.6 is 11.3 Å². The maximum absolute atomic E-state index is 8.55. The third-order valence-corrected chi connectivity index (χ3v) is 14.4. The predicted octanol–water partition coefficient (Wildman–Crippen LogP) is 15.7. The summed E-state index contributed by atoms with van der Waals surface area (Å²) in [5.74, 6) is -0.626. The summed E-state index contributed by atoms with van der Waals surface area (Å²) in [5, 5.41) is 3.57. The predicted molar refractivity (Wildman–Crippen MR) is 267 cm³/mol. The fraction of sp³-hybridized carbons (Fsp3) is 0.193. The van der Waals surface area contributed by atoms with Gasteiger partial charge < -0.3 is 9.97 Å². The van der Waals surface area contributed by atoms with Crippen LogP contribution in [0.15, 0.2) is 158 Å². The van der Waals surface area contributed by atoms with Crippen molar-refractivity contribution in [1.82, 2.24) is 9.97 Å². The molecule has 9 aromatic rings. The van der Waals surface area contributed by atoms with Crippen LogP contribution in [-0.4, -0.2) is 18.0 Å². The Bertz CT molecular complexity index is 3110. The first-order valence-electron chi connectivity index (χ1n) is 22.9. The summed E-state index contributed by atoms with van der Waals surface area (Å²) in [6, 6.07) is 55.9. The van der Waals surface area contributed by atoms with E-state index in [9.17, 15) is 0 Å². The van der Waals surface area contributed by atoms with Crippen LogP contribution in [0, 0.1) is 19.0 Å². The molecule has 5 heteroatoms. The molecule has 0 spiro atoms. The molecule has 9 rings (SSSR count). The van der Waals surface area contributed by atoms with Crippen LogP contribution in [0.3, 0.4) is 0 Å². The maximum Gasteiger partial charge on any atom is 0.0799 e. The van der Waals surface area contributed by atoms with Gasteiger partial charge in [0.15, 0.2) is 0 Å². The first kappa shape index (κ1) is 39.5. The number of hydrogen-bond donors (Lipinski definition) is 0. The molecule has 0 unspecified atom stereocenters. The molecule has 62 heavy (non-hydrogen) atoms. The molecule has 3 heterocycles. The third-order valence-electron chi connectivity index (χ3n) is 11.2. The van der Waals surface area contributed by atoms with Crippen molar-refractivity contribution < 1.29 is 25.6 Å². The van der Waals surface area contributed by atoms with E-state index >= 15 is 0 Å². The van der Waals surface area contributed by atoms with Crippen molar-refractivity contribution in [2.75, 3.05) is 0 Å². The van der Waals surface area contributed by atoms with E-state index in [1.165, 1.54) is 21.7 Å². The standard InChI is InChI=1S/C36H24NS.C21H30NSi.Ir/c1-24-20-33(37-23-32(24)27-16-9-4-10-17-27)29-18-11-19-30-35-31(26-14-7-3-8-15-26)21-28(22-34(35)38-36(29)30)25-12-5-2-6-13-25;1-15(2)18-13-19(22-14-20(18)23(6,7)8)16-9-11-17(12-10-16)21(3,4)5;/h2-17,19-23H,1H3;9,11-15H,1-8H3;/q2*-1;/i1D3;15D;. The van der Waals surface area contributed by atoms with Gasteiger partial charge in [0.1, 0.15) is 0 Å². The third kappa shape index (κ3) is 9.53. The average molecular weight is 1020 g/mol. The summed E-state index contributed by atoms with van der Waals surface area (Å²) >= 11 is 1.70. The van der Waals surface area contributed by atoms with Crippen LogP contribution in [-0.2, 0) is 25.5 Å². The number of pyridine rings is 2. The maximum atomic E-state index is 8.55. The summed E-state index contributed by atoms with van der Waals surface area (Å²) < 4.78 is 35.7.